The van der Waals surface area contributed by atoms with Crippen LogP contribution in [0, 0.1) is 0 Å². The highest BCUT2D eigenvalue weighted by Crippen LogP contribution is 2.07. The predicted octanol–water partition coefficient (Wildman–Crippen LogP) is 1.75. The van der Waals surface area contributed by atoms with E-state index in [0.29, 0.717) is 0 Å². The Balaban J connectivity index is 3.72. The van der Waals surface area contributed by atoms with Gasteiger partial charge in [-0.25, -0.2) is 0 Å². The quantitative estimate of drug-likeness (QED) is 0.391. The molecule has 0 heterocycles. The van der Waals surface area contributed by atoms with Crippen LogP contribution >= 0.6 is 35.2 Å². The molecule has 0 unspecified atom stereocenters. The van der Waals surface area contributed by atoms with Gasteiger partial charge in [-0.15, -0.1) is 0 Å². The molecular formula is C4H6BIS. The van der Waals surface area contributed by atoms with E-state index in [1.165, 1.54) is 0 Å². The zero-order chi connectivity index (χ0) is 5.86. The monoisotopic (exact) mass is 224 g/mol. The molecule has 2 radical (unpaired) electrons. The summed E-state index contributed by atoms with van der Waals surface area (Å²) in [4.78, 5) is 0. The standard InChI is InChI=1S/C4H6BIS/c1-3(2-7)4(5)6/h7H,2H2,1H3/b4-3+. The summed E-state index contributed by atoms with van der Waals surface area (Å²) in [6.07, 6.45) is 0. The van der Waals surface area contributed by atoms with E-state index in [9.17, 15) is 0 Å². The topological polar surface area (TPSA) is 0 Å². The highest BCUT2D eigenvalue weighted by Gasteiger charge is 1.85. The molecule has 0 aromatic rings. The Morgan fingerprint density at radius 1 is 1.86 bits per heavy atom. The number of hydrogen-bond acceptors (Lipinski definition) is 1. The van der Waals surface area contributed by atoms with Gasteiger partial charge in [-0.1, -0.05) is 31.6 Å². The van der Waals surface area contributed by atoms with Crippen molar-refractivity contribution in [3.63, 3.8) is 0 Å². The predicted molar refractivity (Wildman–Crippen MR) is 46.3 cm³/mol. The van der Waals surface area contributed by atoms with Crippen LogP contribution in [0.1, 0.15) is 6.92 Å². The van der Waals surface area contributed by atoms with Crippen LogP contribution in [0.3, 0.4) is 0 Å². The van der Waals surface area contributed by atoms with Gasteiger partial charge in [0.2, 0.25) is 0 Å². The second kappa shape index (κ2) is 3.84. The highest BCUT2D eigenvalue weighted by atomic mass is 127. The molecule has 0 aliphatic carbocycles. The van der Waals surface area contributed by atoms with Crippen LogP contribution in [-0.2, 0) is 0 Å². The molecule has 0 saturated carbocycles. The summed E-state index contributed by atoms with van der Waals surface area (Å²) >= 11 is 6.09. The van der Waals surface area contributed by atoms with Crippen molar-refractivity contribution >= 4 is 43.1 Å². The zero-order valence-electron chi connectivity index (χ0n) is 4.11. The van der Waals surface area contributed by atoms with Gasteiger partial charge < -0.3 is 0 Å². The first-order valence-electron chi connectivity index (χ1n) is 1.90. The molecule has 0 nitrogen and oxygen atoms in total. The maximum Gasteiger partial charge on any atom is 0.122 e. The van der Waals surface area contributed by atoms with Crippen LogP contribution in [0.5, 0.6) is 0 Å². The Morgan fingerprint density at radius 3 is 2.29 bits per heavy atom. The van der Waals surface area contributed by atoms with Crippen molar-refractivity contribution in [3.8, 4) is 0 Å². The lowest BCUT2D eigenvalue weighted by Crippen LogP contribution is -1.79. The minimum absolute atomic E-state index is 0.759. The van der Waals surface area contributed by atoms with Crippen molar-refractivity contribution < 1.29 is 0 Å². The smallest absolute Gasteiger partial charge is 0.122 e. The second-order valence-corrected chi connectivity index (χ2v) is 2.76. The lowest BCUT2D eigenvalue weighted by Gasteiger charge is -1.92. The van der Waals surface area contributed by atoms with E-state index in [4.69, 9.17) is 7.85 Å². The maximum absolute atomic E-state index is 5.36. The molecule has 0 aliphatic heterocycles. The molecule has 0 rings (SSSR count). The van der Waals surface area contributed by atoms with Crippen LogP contribution in [0.15, 0.2) is 9.05 Å². The molecule has 0 bridgehead atoms. The molecule has 38 valence electrons. The van der Waals surface area contributed by atoms with Crippen molar-refractivity contribution in [1.29, 1.82) is 0 Å². The maximum atomic E-state index is 5.36. The van der Waals surface area contributed by atoms with Crippen molar-refractivity contribution in [2.45, 2.75) is 6.92 Å². The fourth-order valence-electron chi connectivity index (χ4n) is 0.0755. The van der Waals surface area contributed by atoms with Crippen molar-refractivity contribution in [2.24, 2.45) is 0 Å². The molecule has 0 saturated heterocycles. The Kier molecular flexibility index (Phi) is 4.32. The third kappa shape index (κ3) is 3.47. The molecule has 0 aromatic heterocycles. The second-order valence-electron chi connectivity index (χ2n) is 1.29. The first-order chi connectivity index (χ1) is 3.18. The minimum atomic E-state index is 0.759. The summed E-state index contributed by atoms with van der Waals surface area (Å²) in [5.41, 5.74) is 1.14. The zero-order valence-corrected chi connectivity index (χ0v) is 7.16. The van der Waals surface area contributed by atoms with Crippen LogP contribution in [0.25, 0.3) is 0 Å². The largest absolute Gasteiger partial charge is 0.175 e. The van der Waals surface area contributed by atoms with E-state index >= 15 is 0 Å². The summed E-state index contributed by atoms with van der Waals surface area (Å²) in [6.45, 7) is 1.97. The molecule has 0 N–H and O–H groups in total. The summed E-state index contributed by atoms with van der Waals surface area (Å²) in [7, 11) is 5.36. The highest BCUT2D eigenvalue weighted by molar-refractivity contribution is 14.1. The van der Waals surface area contributed by atoms with Gasteiger partial charge in [0.1, 0.15) is 7.85 Å². The molecule has 7 heavy (non-hydrogen) atoms. The minimum Gasteiger partial charge on any atom is -0.175 e. The lowest BCUT2D eigenvalue weighted by atomic mass is 10.1. The molecule has 0 amide bonds. The van der Waals surface area contributed by atoms with Gasteiger partial charge in [-0.2, -0.15) is 12.6 Å². The van der Waals surface area contributed by atoms with Gasteiger partial charge >= 0.3 is 0 Å². The lowest BCUT2D eigenvalue weighted by molar-refractivity contribution is 1.43. The Hall–Kier alpha value is 0.885. The van der Waals surface area contributed by atoms with E-state index in [0.717, 1.165) is 14.8 Å². The molecule has 0 fully saturated rings. The normalized spacial score (nSPS) is 13.6. The molecule has 0 aliphatic rings. The fraction of sp³-hybridized carbons (Fsp3) is 0.500. The van der Waals surface area contributed by atoms with E-state index in [-0.39, 0.29) is 0 Å². The SMILES string of the molecule is [B]/C(I)=C(/C)CS. The van der Waals surface area contributed by atoms with Gasteiger partial charge in [-0.05, 0) is 6.92 Å². The number of hydrogen-bond donors (Lipinski definition) is 1. The summed E-state index contributed by atoms with van der Waals surface area (Å²) in [5, 5.41) is 0. The van der Waals surface area contributed by atoms with Gasteiger partial charge in [-0.3, -0.25) is 0 Å². The van der Waals surface area contributed by atoms with Gasteiger partial charge in [0.25, 0.3) is 0 Å². The molecule has 0 atom stereocenters. The van der Waals surface area contributed by atoms with E-state index in [2.05, 4.69) is 35.2 Å². The van der Waals surface area contributed by atoms with Gasteiger partial charge in [0, 0.05) is 5.75 Å². The number of rotatable bonds is 1. The average molecular weight is 224 g/mol. The molecule has 3 heteroatoms. The van der Waals surface area contributed by atoms with Crippen molar-refractivity contribution in [1.82, 2.24) is 0 Å². The summed E-state index contributed by atoms with van der Waals surface area (Å²) in [6, 6.07) is 0. The third-order valence-corrected chi connectivity index (χ3v) is 2.04. The van der Waals surface area contributed by atoms with Gasteiger partial charge in [0.15, 0.2) is 0 Å². The van der Waals surface area contributed by atoms with Crippen LogP contribution in [-0.4, -0.2) is 13.6 Å². The van der Waals surface area contributed by atoms with Crippen LogP contribution in [0.4, 0.5) is 0 Å². The first kappa shape index (κ1) is 7.88. The first-order valence-corrected chi connectivity index (χ1v) is 3.61. The third-order valence-electron chi connectivity index (χ3n) is 0.645. The summed E-state index contributed by atoms with van der Waals surface area (Å²) in [5.74, 6) is 0.759. The Morgan fingerprint density at radius 2 is 2.29 bits per heavy atom. The van der Waals surface area contributed by atoms with Crippen LogP contribution < -0.4 is 0 Å². The van der Waals surface area contributed by atoms with E-state index in [1.807, 2.05) is 6.92 Å². The van der Waals surface area contributed by atoms with E-state index < -0.39 is 0 Å². The Bertz CT molecular complexity index is 85.7. The summed E-state index contributed by atoms with van der Waals surface area (Å²) < 4.78 is 0.854. The molecular weight excluding hydrogens is 218 g/mol. The van der Waals surface area contributed by atoms with Crippen molar-refractivity contribution in [2.75, 3.05) is 5.75 Å². The van der Waals surface area contributed by atoms with Gasteiger partial charge in [0.05, 0.1) is 0 Å². The molecule has 0 aromatic carbocycles. The number of thiol groups is 1. The Labute approximate surface area is 64.7 Å². The number of halogens is 1. The van der Waals surface area contributed by atoms with E-state index in [1.54, 1.807) is 0 Å². The molecule has 0 spiro atoms. The average Bonchev–Trinajstić information content (AvgIpc) is 1.65. The van der Waals surface area contributed by atoms with Crippen molar-refractivity contribution in [3.05, 3.63) is 9.05 Å². The fourth-order valence-corrected chi connectivity index (χ4v) is 0.738. The van der Waals surface area contributed by atoms with Crippen LogP contribution in [0.2, 0.25) is 0 Å².